The largest absolute Gasteiger partial charge is 0.445 e. The molecule has 1 fully saturated rings. The van der Waals surface area contributed by atoms with Crippen molar-refractivity contribution in [1.82, 2.24) is 10.6 Å². The Bertz CT molecular complexity index is 903. The molecule has 0 aromatic heterocycles. The number of amides is 2. The van der Waals surface area contributed by atoms with Crippen LogP contribution in [0.2, 0.25) is 0 Å². The summed E-state index contributed by atoms with van der Waals surface area (Å²) >= 11 is 0. The highest BCUT2D eigenvalue weighted by Gasteiger charge is 2.39. The van der Waals surface area contributed by atoms with E-state index in [1.807, 2.05) is 30.3 Å². The van der Waals surface area contributed by atoms with Crippen molar-refractivity contribution in [2.75, 3.05) is 5.75 Å². The van der Waals surface area contributed by atoms with E-state index in [4.69, 9.17) is 9.47 Å². The Morgan fingerprint density at radius 2 is 1.61 bits per heavy atom. The summed E-state index contributed by atoms with van der Waals surface area (Å²) in [4.78, 5) is 24.7. The van der Waals surface area contributed by atoms with E-state index in [0.29, 0.717) is 19.3 Å². The Labute approximate surface area is 197 Å². The summed E-state index contributed by atoms with van der Waals surface area (Å²) in [6.45, 7) is 10.5. The summed E-state index contributed by atoms with van der Waals surface area (Å²) < 4.78 is 35.6. The number of carbonyl (C=O) groups is 2. The first kappa shape index (κ1) is 27.0. The highest BCUT2D eigenvalue weighted by atomic mass is 32.2. The molecule has 2 rings (SSSR count). The van der Waals surface area contributed by atoms with Crippen LogP contribution in [-0.2, 0) is 25.9 Å². The van der Waals surface area contributed by atoms with Crippen molar-refractivity contribution in [2.24, 2.45) is 5.92 Å². The van der Waals surface area contributed by atoms with Crippen LogP contribution in [0.4, 0.5) is 9.59 Å². The lowest BCUT2D eigenvalue weighted by Crippen LogP contribution is -2.52. The van der Waals surface area contributed by atoms with Gasteiger partial charge in [-0.15, -0.1) is 0 Å². The van der Waals surface area contributed by atoms with Gasteiger partial charge in [0.2, 0.25) is 0 Å². The van der Waals surface area contributed by atoms with Gasteiger partial charge in [0.05, 0.1) is 10.5 Å². The number of rotatable bonds is 6. The SMILES string of the molecule is CC(C)(C)OC(=O)NC1CCC(NC(=O)OCc2ccccc2)C(CS(=O)(=O)C(C)(C)C)C1. The molecular weight excluding hydrogens is 444 g/mol. The monoisotopic (exact) mass is 482 g/mol. The third kappa shape index (κ3) is 8.87. The molecule has 0 heterocycles. The van der Waals surface area contributed by atoms with E-state index in [2.05, 4.69) is 10.6 Å². The number of sulfone groups is 1. The van der Waals surface area contributed by atoms with Gasteiger partial charge in [0.1, 0.15) is 12.2 Å². The molecule has 9 heteroatoms. The van der Waals surface area contributed by atoms with Crippen LogP contribution in [0.1, 0.15) is 66.4 Å². The first-order chi connectivity index (χ1) is 15.2. The molecule has 0 radical (unpaired) electrons. The lowest BCUT2D eigenvalue weighted by molar-refractivity contribution is 0.0477. The maximum atomic E-state index is 12.9. The van der Waals surface area contributed by atoms with E-state index in [9.17, 15) is 18.0 Å². The number of hydrogen-bond acceptors (Lipinski definition) is 6. The molecule has 1 aliphatic rings. The van der Waals surface area contributed by atoms with Gasteiger partial charge in [-0.1, -0.05) is 30.3 Å². The van der Waals surface area contributed by atoms with Crippen LogP contribution in [0.15, 0.2) is 30.3 Å². The quantitative estimate of drug-likeness (QED) is 0.629. The molecule has 3 atom stereocenters. The number of hydrogen-bond donors (Lipinski definition) is 2. The molecule has 33 heavy (non-hydrogen) atoms. The van der Waals surface area contributed by atoms with Gasteiger partial charge in [-0.3, -0.25) is 0 Å². The van der Waals surface area contributed by atoms with E-state index in [1.54, 1.807) is 41.5 Å². The summed E-state index contributed by atoms with van der Waals surface area (Å²) in [6, 6.07) is 8.72. The Kier molecular flexibility index (Phi) is 8.79. The van der Waals surface area contributed by atoms with Crippen molar-refractivity contribution < 1.29 is 27.5 Å². The van der Waals surface area contributed by atoms with Crippen molar-refractivity contribution in [2.45, 2.75) is 89.8 Å². The minimum atomic E-state index is -3.44. The van der Waals surface area contributed by atoms with Gasteiger partial charge in [-0.2, -0.15) is 0 Å². The molecule has 8 nitrogen and oxygen atoms in total. The molecular formula is C24H38N2O6S. The highest BCUT2D eigenvalue weighted by molar-refractivity contribution is 7.92. The summed E-state index contributed by atoms with van der Waals surface area (Å²) in [5.74, 6) is -0.459. The fourth-order valence-electron chi connectivity index (χ4n) is 3.69. The first-order valence-corrected chi connectivity index (χ1v) is 13.0. The van der Waals surface area contributed by atoms with E-state index in [0.717, 1.165) is 5.56 Å². The maximum Gasteiger partial charge on any atom is 0.407 e. The van der Waals surface area contributed by atoms with Crippen molar-refractivity contribution in [3.63, 3.8) is 0 Å². The second kappa shape index (κ2) is 10.8. The fraction of sp³-hybridized carbons (Fsp3) is 0.667. The van der Waals surface area contributed by atoms with Crippen molar-refractivity contribution >= 4 is 22.0 Å². The van der Waals surface area contributed by atoms with Crippen LogP contribution in [0.5, 0.6) is 0 Å². The van der Waals surface area contributed by atoms with Crippen molar-refractivity contribution in [3.8, 4) is 0 Å². The minimum absolute atomic E-state index is 0.0906. The molecule has 1 saturated carbocycles. The summed E-state index contributed by atoms with van der Waals surface area (Å²) in [7, 11) is -3.44. The van der Waals surface area contributed by atoms with Gasteiger partial charge in [-0.05, 0) is 72.3 Å². The summed E-state index contributed by atoms with van der Waals surface area (Å²) in [5, 5.41) is 5.71. The second-order valence-electron chi connectivity index (χ2n) is 10.6. The van der Waals surface area contributed by atoms with Gasteiger partial charge in [0.25, 0.3) is 0 Å². The second-order valence-corrected chi connectivity index (χ2v) is 13.4. The van der Waals surface area contributed by atoms with Crippen LogP contribution >= 0.6 is 0 Å². The molecule has 3 unspecified atom stereocenters. The lowest BCUT2D eigenvalue weighted by atomic mass is 9.82. The van der Waals surface area contributed by atoms with Crippen LogP contribution in [0, 0.1) is 5.92 Å². The predicted octanol–water partition coefficient (Wildman–Crippen LogP) is 4.19. The highest BCUT2D eigenvalue weighted by Crippen LogP contribution is 2.30. The average molecular weight is 483 g/mol. The lowest BCUT2D eigenvalue weighted by Gasteiger charge is -2.37. The fourth-order valence-corrected chi connectivity index (χ4v) is 5.12. The van der Waals surface area contributed by atoms with Crippen molar-refractivity contribution in [1.29, 1.82) is 0 Å². The van der Waals surface area contributed by atoms with Gasteiger partial charge < -0.3 is 20.1 Å². The average Bonchev–Trinajstić information content (AvgIpc) is 2.66. The Hall–Kier alpha value is -2.29. The number of nitrogens with one attached hydrogen (secondary N) is 2. The topological polar surface area (TPSA) is 111 Å². The zero-order chi connectivity index (χ0) is 24.9. The molecule has 1 aromatic rings. The van der Waals surface area contributed by atoms with Crippen LogP contribution in [0.25, 0.3) is 0 Å². The Morgan fingerprint density at radius 3 is 2.18 bits per heavy atom. The Morgan fingerprint density at radius 1 is 0.970 bits per heavy atom. The first-order valence-electron chi connectivity index (χ1n) is 11.4. The van der Waals surface area contributed by atoms with E-state index in [-0.39, 0.29) is 30.4 Å². The molecule has 0 aliphatic heterocycles. The van der Waals surface area contributed by atoms with Crippen LogP contribution in [-0.4, -0.2) is 48.8 Å². The third-order valence-electron chi connectivity index (χ3n) is 5.59. The number of alkyl carbamates (subject to hydrolysis) is 2. The molecule has 2 N–H and O–H groups in total. The van der Waals surface area contributed by atoms with Crippen LogP contribution < -0.4 is 10.6 Å². The smallest absolute Gasteiger partial charge is 0.407 e. The van der Waals surface area contributed by atoms with E-state index >= 15 is 0 Å². The molecule has 186 valence electrons. The molecule has 0 saturated heterocycles. The molecule has 1 aliphatic carbocycles. The number of ether oxygens (including phenoxy) is 2. The standard InChI is InChI=1S/C24H38N2O6S/c1-23(2,3)32-22(28)25-19-12-13-20(18(14-19)16-33(29,30)24(4,5)6)26-21(27)31-15-17-10-8-7-9-11-17/h7-11,18-20H,12-16H2,1-6H3,(H,25,28)(H,26,27). The van der Waals surface area contributed by atoms with E-state index < -0.39 is 32.4 Å². The summed E-state index contributed by atoms with van der Waals surface area (Å²) in [5.41, 5.74) is 0.241. The van der Waals surface area contributed by atoms with Gasteiger partial charge in [0.15, 0.2) is 9.84 Å². The van der Waals surface area contributed by atoms with Crippen LogP contribution in [0.3, 0.4) is 0 Å². The normalized spacial score (nSPS) is 21.7. The summed E-state index contributed by atoms with van der Waals surface area (Å²) in [6.07, 6.45) is 0.414. The minimum Gasteiger partial charge on any atom is -0.445 e. The molecule has 2 amide bonds. The number of benzene rings is 1. The van der Waals surface area contributed by atoms with Crippen molar-refractivity contribution in [3.05, 3.63) is 35.9 Å². The predicted molar refractivity (Wildman–Crippen MR) is 128 cm³/mol. The molecule has 1 aromatic carbocycles. The van der Waals surface area contributed by atoms with Gasteiger partial charge in [0, 0.05) is 12.1 Å². The third-order valence-corrected chi connectivity index (χ3v) is 8.32. The zero-order valence-electron chi connectivity index (χ0n) is 20.5. The van der Waals surface area contributed by atoms with E-state index in [1.165, 1.54) is 0 Å². The molecule has 0 bridgehead atoms. The van der Waals surface area contributed by atoms with Gasteiger partial charge in [-0.25, -0.2) is 18.0 Å². The zero-order valence-corrected chi connectivity index (χ0v) is 21.3. The van der Waals surface area contributed by atoms with Gasteiger partial charge >= 0.3 is 12.2 Å². The number of carbonyl (C=O) groups excluding carboxylic acids is 2. The maximum absolute atomic E-state index is 12.9. The molecule has 0 spiro atoms. The Balaban J connectivity index is 2.05.